The number of nitrogens with zero attached hydrogens (tertiary/aromatic N) is 9. The van der Waals surface area contributed by atoms with Crippen LogP contribution in [-0.2, 0) is 4.79 Å². The summed E-state index contributed by atoms with van der Waals surface area (Å²) in [6.45, 7) is -0.692. The summed E-state index contributed by atoms with van der Waals surface area (Å²) in [6.07, 6.45) is -1.47. The molecule has 2 aliphatic rings. The molecule has 1 saturated heterocycles. The number of urea groups is 1. The van der Waals surface area contributed by atoms with Crippen molar-refractivity contribution in [2.75, 3.05) is 49.7 Å². The first-order valence-electron chi connectivity index (χ1n) is 11.8. The maximum Gasteiger partial charge on any atom is 0.406 e. The second-order valence-corrected chi connectivity index (χ2v) is 8.84. The quantitative estimate of drug-likeness (QED) is 0.167. The number of alkyl halides is 3. The van der Waals surface area contributed by atoms with Gasteiger partial charge in [-0.3, -0.25) is 9.69 Å². The minimum atomic E-state index is -4.65. The van der Waals surface area contributed by atoms with Gasteiger partial charge in [-0.2, -0.15) is 28.4 Å². The molecule has 1 fully saturated rings. The molecule has 0 radical (unpaired) electrons. The van der Waals surface area contributed by atoms with E-state index < -0.39 is 42.2 Å². The lowest BCUT2D eigenvalue weighted by molar-refractivity contribution is -0.145. The van der Waals surface area contributed by atoms with E-state index in [0.717, 1.165) is 29.4 Å². The molecule has 11 nitrogen and oxygen atoms in total. The van der Waals surface area contributed by atoms with Gasteiger partial charge in [-0.1, -0.05) is 0 Å². The first-order chi connectivity index (χ1) is 18.9. The Labute approximate surface area is 224 Å². The summed E-state index contributed by atoms with van der Waals surface area (Å²) in [5.74, 6) is -2.70. The number of amides is 3. The molecule has 0 saturated carbocycles. The number of aromatic nitrogens is 2. The minimum absolute atomic E-state index is 0.0700. The van der Waals surface area contributed by atoms with Crippen LogP contribution in [0.25, 0.3) is 0 Å². The normalized spacial score (nSPS) is 17.6. The smallest absolute Gasteiger partial charge is 0.337 e. The number of carbonyl (C=O) groups is 2. The van der Waals surface area contributed by atoms with Crippen LogP contribution in [0.15, 0.2) is 34.6 Å². The molecule has 2 aliphatic heterocycles. The first kappa shape index (κ1) is 28.6. The fourth-order valence-electron chi connectivity index (χ4n) is 4.12. The number of hydrogen-bond donors (Lipinski definition) is 0. The number of carbonyl (C=O) groups excluding carboxylic acids is 2. The van der Waals surface area contributed by atoms with Gasteiger partial charge < -0.3 is 9.80 Å². The predicted molar refractivity (Wildman–Crippen MR) is 131 cm³/mol. The topological polar surface area (TPSA) is 101 Å². The van der Waals surface area contributed by atoms with E-state index in [9.17, 15) is 35.9 Å². The van der Waals surface area contributed by atoms with Crippen LogP contribution >= 0.6 is 0 Å². The third kappa shape index (κ3) is 6.76. The first-order valence-corrected chi connectivity index (χ1v) is 11.8. The number of hydrazone groups is 2. The SMILES string of the molecule is CN(/N=C\N(C=O)CC(F)(F)F)c1nc(N2CCN(C(=O)N3N=CCC3c3cc(F)cc(F)c3)CC2)ncc1F. The highest BCUT2D eigenvalue weighted by atomic mass is 19.4. The fraction of sp³-hybridized carbons (Fsp3) is 0.391. The van der Waals surface area contributed by atoms with Crippen LogP contribution in [0.3, 0.4) is 0 Å². The van der Waals surface area contributed by atoms with E-state index in [1.54, 1.807) is 4.90 Å². The highest BCUT2D eigenvalue weighted by Gasteiger charge is 2.34. The summed E-state index contributed by atoms with van der Waals surface area (Å²) in [5, 5.41) is 9.77. The van der Waals surface area contributed by atoms with Crippen LogP contribution in [0.1, 0.15) is 18.0 Å². The van der Waals surface area contributed by atoms with Crippen molar-refractivity contribution in [3.63, 3.8) is 0 Å². The summed E-state index contributed by atoms with van der Waals surface area (Å²) < 4.78 is 79.4. The van der Waals surface area contributed by atoms with Crippen LogP contribution in [0.5, 0.6) is 0 Å². The van der Waals surface area contributed by atoms with E-state index in [1.807, 2.05) is 0 Å². The van der Waals surface area contributed by atoms with Crippen molar-refractivity contribution in [2.45, 2.75) is 18.6 Å². The second kappa shape index (κ2) is 11.7. The molecule has 1 atom stereocenters. The lowest BCUT2D eigenvalue weighted by Crippen LogP contribution is -2.52. The molecular formula is C23H23F6N9O2. The minimum Gasteiger partial charge on any atom is -0.337 e. The van der Waals surface area contributed by atoms with Gasteiger partial charge in [-0.25, -0.2) is 33.0 Å². The molecule has 17 heteroatoms. The Hall–Kier alpha value is -4.44. The summed E-state index contributed by atoms with van der Waals surface area (Å²) in [7, 11) is 1.23. The number of halogens is 6. The Morgan fingerprint density at radius 3 is 2.42 bits per heavy atom. The number of rotatable bonds is 7. The van der Waals surface area contributed by atoms with E-state index in [1.165, 1.54) is 23.2 Å². The van der Waals surface area contributed by atoms with Gasteiger partial charge in [0.2, 0.25) is 12.4 Å². The van der Waals surface area contributed by atoms with Crippen molar-refractivity contribution in [1.82, 2.24) is 24.8 Å². The van der Waals surface area contributed by atoms with Gasteiger partial charge in [0.25, 0.3) is 0 Å². The maximum absolute atomic E-state index is 14.4. The van der Waals surface area contributed by atoms with Crippen LogP contribution in [0.2, 0.25) is 0 Å². The van der Waals surface area contributed by atoms with Crippen LogP contribution in [0, 0.1) is 17.5 Å². The van der Waals surface area contributed by atoms with Gasteiger partial charge in [0.05, 0.1) is 12.2 Å². The predicted octanol–water partition coefficient (Wildman–Crippen LogP) is 2.97. The Morgan fingerprint density at radius 2 is 1.80 bits per heavy atom. The average molecular weight is 571 g/mol. The van der Waals surface area contributed by atoms with Crippen LogP contribution < -0.4 is 9.91 Å². The van der Waals surface area contributed by atoms with Crippen LogP contribution in [0.4, 0.5) is 42.9 Å². The Morgan fingerprint density at radius 1 is 1.12 bits per heavy atom. The molecule has 2 aromatic rings. The van der Waals surface area contributed by atoms with Crippen LogP contribution in [-0.4, -0.2) is 95.7 Å². The standard InChI is InChI=1S/C23H23F6N9O2/c1-34(32-13-35(14-39)12-23(27,28)29)20-18(26)11-30-21(33-20)36-4-6-37(7-5-36)22(40)38-19(2-3-31-38)15-8-16(24)10-17(25)9-15/h3,8-11,13-14,19H,2,4-7,12H2,1H3/b32-13-. The zero-order chi connectivity index (χ0) is 29.0. The monoisotopic (exact) mass is 571 g/mol. The molecule has 1 aromatic carbocycles. The number of hydrogen-bond acceptors (Lipinski definition) is 8. The number of piperazine rings is 1. The molecule has 3 heterocycles. The molecule has 0 bridgehead atoms. The van der Waals surface area contributed by atoms with Crippen molar-refractivity contribution in [3.05, 3.63) is 47.4 Å². The molecule has 4 rings (SSSR count). The van der Waals surface area contributed by atoms with Gasteiger partial charge in [0.15, 0.2) is 11.6 Å². The van der Waals surface area contributed by atoms with Gasteiger partial charge in [0, 0.05) is 51.9 Å². The zero-order valence-corrected chi connectivity index (χ0v) is 21.0. The Bertz CT molecular complexity index is 1280. The van der Waals surface area contributed by atoms with E-state index in [0.29, 0.717) is 6.34 Å². The summed E-state index contributed by atoms with van der Waals surface area (Å²) >= 11 is 0. The lowest BCUT2D eigenvalue weighted by Gasteiger charge is -2.37. The maximum atomic E-state index is 14.4. The fourth-order valence-corrected chi connectivity index (χ4v) is 4.12. The molecule has 1 aromatic heterocycles. The largest absolute Gasteiger partial charge is 0.406 e. The second-order valence-electron chi connectivity index (χ2n) is 8.84. The van der Waals surface area contributed by atoms with Crippen molar-refractivity contribution >= 4 is 36.8 Å². The van der Waals surface area contributed by atoms with Gasteiger partial charge in [-0.05, 0) is 17.7 Å². The highest BCUT2D eigenvalue weighted by Crippen LogP contribution is 2.30. The van der Waals surface area contributed by atoms with E-state index in [-0.39, 0.29) is 61.2 Å². The summed E-state index contributed by atoms with van der Waals surface area (Å²) in [4.78, 5) is 35.5. The van der Waals surface area contributed by atoms with Crippen molar-refractivity contribution in [1.29, 1.82) is 0 Å². The van der Waals surface area contributed by atoms with Gasteiger partial charge in [0.1, 0.15) is 24.5 Å². The third-order valence-corrected chi connectivity index (χ3v) is 6.02. The molecule has 3 amide bonds. The average Bonchev–Trinajstić information content (AvgIpc) is 3.40. The lowest BCUT2D eigenvalue weighted by atomic mass is 10.0. The van der Waals surface area contributed by atoms with Crippen molar-refractivity contribution in [2.24, 2.45) is 10.2 Å². The van der Waals surface area contributed by atoms with Crippen molar-refractivity contribution < 1.29 is 35.9 Å². The number of benzene rings is 1. The zero-order valence-electron chi connectivity index (χ0n) is 21.0. The molecule has 0 aliphatic carbocycles. The van der Waals surface area contributed by atoms with E-state index in [2.05, 4.69) is 20.2 Å². The molecular weight excluding hydrogens is 548 g/mol. The highest BCUT2D eigenvalue weighted by molar-refractivity contribution is 5.79. The molecule has 40 heavy (non-hydrogen) atoms. The molecule has 0 N–H and O–H groups in total. The van der Waals surface area contributed by atoms with E-state index >= 15 is 0 Å². The summed E-state index contributed by atoms with van der Waals surface area (Å²) in [5.41, 5.74) is 0.274. The van der Waals surface area contributed by atoms with Gasteiger partial charge >= 0.3 is 12.2 Å². The summed E-state index contributed by atoms with van der Waals surface area (Å²) in [6, 6.07) is 1.92. The molecule has 0 spiro atoms. The van der Waals surface area contributed by atoms with E-state index in [4.69, 9.17) is 0 Å². The number of anilines is 2. The molecule has 214 valence electrons. The third-order valence-electron chi connectivity index (χ3n) is 6.02. The Balaban J connectivity index is 1.40. The molecule has 1 unspecified atom stereocenters. The van der Waals surface area contributed by atoms with Gasteiger partial charge in [-0.15, -0.1) is 0 Å². The Kier molecular flexibility index (Phi) is 8.39. The van der Waals surface area contributed by atoms with Crippen molar-refractivity contribution in [3.8, 4) is 0 Å².